The predicted molar refractivity (Wildman–Crippen MR) is 134 cm³/mol. The minimum Gasteiger partial charge on any atom is -0.392 e. The zero-order chi connectivity index (χ0) is 23.9. The van der Waals surface area contributed by atoms with Gasteiger partial charge in [0.1, 0.15) is 0 Å². The molecule has 2 unspecified atom stereocenters. The average Bonchev–Trinajstić information content (AvgIpc) is 3.17. The van der Waals surface area contributed by atoms with Gasteiger partial charge in [0.05, 0.1) is 6.10 Å². The number of nitrogens with zero attached hydrogens (tertiary/aromatic N) is 3. The Morgan fingerprint density at radius 3 is 2.52 bits per heavy atom. The zero-order valence-corrected chi connectivity index (χ0v) is 20.3. The lowest BCUT2D eigenvalue weighted by Crippen LogP contribution is -2.32. The van der Waals surface area contributed by atoms with Crippen LogP contribution in [0.1, 0.15) is 54.9 Å². The lowest BCUT2D eigenvalue weighted by Gasteiger charge is -2.19. The number of carbonyl (C=O) groups is 1. The first-order valence-electron chi connectivity index (χ1n) is 11.2. The second-order valence-corrected chi connectivity index (χ2v) is 10.4. The molecular formula is C27H30ClN3O2. The molecule has 33 heavy (non-hydrogen) atoms. The number of hydrogen-bond donors (Lipinski definition) is 1. The van der Waals surface area contributed by atoms with Gasteiger partial charge in [0.15, 0.2) is 0 Å². The van der Waals surface area contributed by atoms with Crippen molar-refractivity contribution in [2.45, 2.75) is 39.2 Å². The zero-order valence-electron chi connectivity index (χ0n) is 19.5. The van der Waals surface area contributed by atoms with Crippen LogP contribution in [0.3, 0.4) is 0 Å². The average molecular weight is 464 g/mol. The number of aliphatic hydroxyl groups excluding tert-OH is 1. The molecule has 1 N–H and O–H groups in total. The van der Waals surface area contributed by atoms with Crippen molar-refractivity contribution in [3.63, 3.8) is 0 Å². The molecule has 1 aliphatic heterocycles. The Bertz CT molecular complexity index is 1150. The number of halogens is 1. The summed E-state index contributed by atoms with van der Waals surface area (Å²) in [7, 11) is 0. The monoisotopic (exact) mass is 463 g/mol. The molecule has 2 fully saturated rings. The van der Waals surface area contributed by atoms with E-state index in [1.165, 1.54) is 0 Å². The van der Waals surface area contributed by atoms with Gasteiger partial charge in [-0.15, -0.1) is 0 Å². The summed E-state index contributed by atoms with van der Waals surface area (Å²) >= 11 is 6.61. The standard InChI is InChI=1S/C27H30ClN3O2/c1-16(10-19(13-29-5)17-8-9-30-24(12-17)27(2,3)4)20-7-6-18(11-23(20)28)26(33)31-14-21-22(15-31)25(21)32/h6-13,21-22,25,32H,5,14-15H2,1-4H3/b16-10+,19-13+. The first kappa shape index (κ1) is 23.4. The molecule has 1 saturated carbocycles. The number of pyridine rings is 1. The molecule has 2 aliphatic rings. The van der Waals surface area contributed by atoms with Crippen LogP contribution < -0.4 is 0 Å². The maximum atomic E-state index is 12.9. The summed E-state index contributed by atoms with van der Waals surface area (Å²) in [5.74, 6) is 0.446. The Labute approximate surface area is 200 Å². The fraction of sp³-hybridized carbons (Fsp3) is 0.370. The number of hydrogen-bond acceptors (Lipinski definition) is 4. The van der Waals surface area contributed by atoms with E-state index in [9.17, 15) is 9.90 Å². The minimum atomic E-state index is -0.236. The molecule has 0 radical (unpaired) electrons. The second-order valence-electron chi connectivity index (χ2n) is 10.00. The highest BCUT2D eigenvalue weighted by Gasteiger charge is 2.56. The van der Waals surface area contributed by atoms with Gasteiger partial charge >= 0.3 is 0 Å². The number of carbonyl (C=O) groups excluding carboxylic acids is 1. The molecule has 0 bridgehead atoms. The topological polar surface area (TPSA) is 65.8 Å². The molecule has 1 aromatic heterocycles. The van der Waals surface area contributed by atoms with Crippen LogP contribution in [0.2, 0.25) is 5.02 Å². The number of rotatable bonds is 5. The highest BCUT2D eigenvalue weighted by molar-refractivity contribution is 6.32. The highest BCUT2D eigenvalue weighted by atomic mass is 35.5. The van der Waals surface area contributed by atoms with E-state index in [-0.39, 0.29) is 29.3 Å². The van der Waals surface area contributed by atoms with E-state index in [0.29, 0.717) is 23.7 Å². The molecule has 2 heterocycles. The van der Waals surface area contributed by atoms with Crippen molar-refractivity contribution in [2.75, 3.05) is 13.1 Å². The van der Waals surface area contributed by atoms with Crippen LogP contribution >= 0.6 is 11.6 Å². The van der Waals surface area contributed by atoms with E-state index in [1.807, 2.05) is 42.3 Å². The van der Waals surface area contributed by atoms with Crippen LogP contribution in [0, 0.1) is 11.8 Å². The third-order valence-corrected chi connectivity index (χ3v) is 6.85. The molecule has 1 aromatic carbocycles. The summed E-state index contributed by atoms with van der Waals surface area (Å²) in [5, 5.41) is 10.2. The van der Waals surface area contributed by atoms with Crippen LogP contribution in [-0.2, 0) is 5.41 Å². The largest absolute Gasteiger partial charge is 0.392 e. The highest BCUT2D eigenvalue weighted by Crippen LogP contribution is 2.45. The SMILES string of the molecule is C=N/C=C(\C=C(/C)c1ccc(C(=O)N2CC3C(O)C3C2)cc1Cl)c1ccnc(C(C)(C)C)c1. The van der Waals surface area contributed by atoms with Crippen LogP contribution in [0.4, 0.5) is 0 Å². The third-order valence-electron chi connectivity index (χ3n) is 6.54. The third kappa shape index (κ3) is 4.80. The van der Waals surface area contributed by atoms with E-state index in [1.54, 1.807) is 12.3 Å². The molecular weight excluding hydrogens is 434 g/mol. The Hall–Kier alpha value is -2.76. The quantitative estimate of drug-likeness (QED) is 0.487. The maximum absolute atomic E-state index is 12.9. The fourth-order valence-corrected chi connectivity index (χ4v) is 4.77. The van der Waals surface area contributed by atoms with Crippen molar-refractivity contribution in [1.82, 2.24) is 9.88 Å². The number of likely N-dealkylation sites (tertiary alicyclic amines) is 1. The smallest absolute Gasteiger partial charge is 0.253 e. The van der Waals surface area contributed by atoms with Gasteiger partial charge in [-0.3, -0.25) is 14.8 Å². The van der Waals surface area contributed by atoms with Gasteiger partial charge in [0.25, 0.3) is 5.91 Å². The van der Waals surface area contributed by atoms with Gasteiger partial charge in [-0.1, -0.05) is 38.4 Å². The molecule has 6 heteroatoms. The van der Waals surface area contributed by atoms with Gasteiger partial charge in [-0.25, -0.2) is 0 Å². The number of benzene rings is 1. The van der Waals surface area contributed by atoms with E-state index >= 15 is 0 Å². The number of aromatic nitrogens is 1. The van der Waals surface area contributed by atoms with Crippen molar-refractivity contribution >= 4 is 35.4 Å². The molecule has 2 atom stereocenters. The number of amides is 1. The summed E-state index contributed by atoms with van der Waals surface area (Å²) in [5.41, 5.74) is 5.21. The number of aliphatic imine (C=N–C) groups is 1. The molecule has 172 valence electrons. The molecule has 2 aromatic rings. The van der Waals surface area contributed by atoms with E-state index in [2.05, 4.69) is 43.5 Å². The molecule has 5 nitrogen and oxygen atoms in total. The van der Waals surface area contributed by atoms with Crippen molar-refractivity contribution in [1.29, 1.82) is 0 Å². The van der Waals surface area contributed by atoms with Crippen molar-refractivity contribution < 1.29 is 9.90 Å². The van der Waals surface area contributed by atoms with Crippen molar-refractivity contribution in [3.05, 3.63) is 76.2 Å². The summed E-state index contributed by atoms with van der Waals surface area (Å²) in [6.07, 6.45) is 5.32. The Morgan fingerprint density at radius 1 is 1.21 bits per heavy atom. The predicted octanol–water partition coefficient (Wildman–Crippen LogP) is 5.24. The maximum Gasteiger partial charge on any atom is 0.253 e. The van der Waals surface area contributed by atoms with E-state index in [4.69, 9.17) is 11.6 Å². The Morgan fingerprint density at radius 2 is 1.91 bits per heavy atom. The number of piperidine rings is 1. The van der Waals surface area contributed by atoms with Crippen molar-refractivity contribution in [3.8, 4) is 0 Å². The fourth-order valence-electron chi connectivity index (χ4n) is 4.44. The van der Waals surface area contributed by atoms with Crippen LogP contribution in [0.15, 0.2) is 53.8 Å². The lowest BCUT2D eigenvalue weighted by atomic mass is 9.89. The lowest BCUT2D eigenvalue weighted by molar-refractivity contribution is 0.0746. The van der Waals surface area contributed by atoms with Crippen molar-refractivity contribution in [2.24, 2.45) is 16.8 Å². The molecule has 0 spiro atoms. The second kappa shape index (κ2) is 8.88. The van der Waals surface area contributed by atoms with Crippen LogP contribution in [0.5, 0.6) is 0 Å². The van der Waals surface area contributed by atoms with E-state index < -0.39 is 0 Å². The molecule has 4 rings (SSSR count). The first-order chi connectivity index (χ1) is 15.6. The molecule has 1 amide bonds. The normalized spacial score (nSPS) is 22.8. The van der Waals surface area contributed by atoms with Gasteiger partial charge in [-0.2, -0.15) is 0 Å². The molecule has 1 saturated heterocycles. The number of aliphatic hydroxyl groups is 1. The van der Waals surface area contributed by atoms with Crippen LogP contribution in [-0.4, -0.2) is 46.8 Å². The first-order valence-corrected chi connectivity index (χ1v) is 11.6. The van der Waals surface area contributed by atoms with E-state index in [0.717, 1.165) is 28.0 Å². The Kier molecular flexibility index (Phi) is 6.30. The summed E-state index contributed by atoms with van der Waals surface area (Å²) < 4.78 is 0. The van der Waals surface area contributed by atoms with Gasteiger partial charge in [-0.05, 0) is 60.7 Å². The van der Waals surface area contributed by atoms with Gasteiger partial charge < -0.3 is 10.0 Å². The minimum absolute atomic E-state index is 0.0348. The number of allylic oxidation sites excluding steroid dienone is 3. The van der Waals surface area contributed by atoms with Gasteiger partial charge in [0.2, 0.25) is 0 Å². The molecule has 1 aliphatic carbocycles. The van der Waals surface area contributed by atoms with Gasteiger partial charge in [0, 0.05) is 64.6 Å². The summed E-state index contributed by atoms with van der Waals surface area (Å²) in [4.78, 5) is 23.2. The summed E-state index contributed by atoms with van der Waals surface area (Å²) in [6, 6.07) is 9.47. The Balaban J connectivity index is 1.58. The van der Waals surface area contributed by atoms with Crippen LogP contribution in [0.25, 0.3) is 11.1 Å². The summed E-state index contributed by atoms with van der Waals surface area (Å²) in [6.45, 7) is 13.2. The number of fused-ring (bicyclic) bond motifs is 1.